The summed E-state index contributed by atoms with van der Waals surface area (Å²) in [5.41, 5.74) is 0. The van der Waals surface area contributed by atoms with Crippen molar-refractivity contribution >= 4 is 8.80 Å². The number of unbranched alkanes of at least 4 members (excludes halogenated alkanes) is 7. The van der Waals surface area contributed by atoms with Gasteiger partial charge in [-0.1, -0.05) is 45.4 Å². The van der Waals surface area contributed by atoms with Crippen LogP contribution in [-0.4, -0.2) is 28.6 Å². The lowest BCUT2D eigenvalue weighted by atomic mass is 10.1. The van der Waals surface area contributed by atoms with Crippen LogP contribution in [0.5, 0.6) is 0 Å². The smallest absolute Gasteiger partial charge is 0.374 e. The van der Waals surface area contributed by atoms with Gasteiger partial charge in [-0.2, -0.15) is 0 Å². The molecular weight excluding hydrogens is 268 g/mol. The van der Waals surface area contributed by atoms with Crippen LogP contribution in [0.3, 0.4) is 0 Å². The summed E-state index contributed by atoms with van der Waals surface area (Å²) >= 11 is 0. The van der Waals surface area contributed by atoms with E-state index in [1.165, 1.54) is 38.5 Å². The summed E-state index contributed by atoms with van der Waals surface area (Å²) in [5, 5.41) is 0. The fraction of sp³-hybridized carbons (Fsp3) is 0.938. The SMILES string of the molecule is C[CH]CCCCCCCC[Si](OCC)(OCC)OCC. The predicted octanol–water partition coefficient (Wildman–Crippen LogP) is 4.99. The second-order valence-electron chi connectivity index (χ2n) is 5.05. The summed E-state index contributed by atoms with van der Waals surface area (Å²) in [6.45, 7) is 10.2. The standard InChI is InChI=1S/C16H35O3Si/c1-5-9-10-11-12-13-14-15-16-20(17-6-2,18-7-3)19-8-4/h5H,6-16H2,1-4H3. The Hall–Kier alpha value is 0.0969. The molecule has 0 aromatic rings. The van der Waals surface area contributed by atoms with Gasteiger partial charge in [0.15, 0.2) is 0 Å². The van der Waals surface area contributed by atoms with Crippen LogP contribution in [0.4, 0.5) is 0 Å². The van der Waals surface area contributed by atoms with Crippen LogP contribution in [0.2, 0.25) is 6.04 Å². The Morgan fingerprint density at radius 3 is 1.60 bits per heavy atom. The summed E-state index contributed by atoms with van der Waals surface area (Å²) in [6, 6.07) is 0.964. The lowest BCUT2D eigenvalue weighted by molar-refractivity contribution is 0.0706. The molecular formula is C16H35O3Si. The van der Waals surface area contributed by atoms with Crippen molar-refractivity contribution in [3.63, 3.8) is 0 Å². The van der Waals surface area contributed by atoms with E-state index in [-0.39, 0.29) is 0 Å². The van der Waals surface area contributed by atoms with Crippen molar-refractivity contribution in [3.8, 4) is 0 Å². The zero-order valence-electron chi connectivity index (χ0n) is 14.1. The molecule has 4 heteroatoms. The minimum absolute atomic E-state index is 0.680. The van der Waals surface area contributed by atoms with Crippen molar-refractivity contribution in [1.29, 1.82) is 0 Å². The molecule has 0 saturated carbocycles. The molecule has 0 amide bonds. The fourth-order valence-electron chi connectivity index (χ4n) is 2.40. The van der Waals surface area contributed by atoms with Crippen LogP contribution in [0.15, 0.2) is 0 Å². The van der Waals surface area contributed by atoms with Gasteiger partial charge in [0.05, 0.1) is 0 Å². The average Bonchev–Trinajstić information content (AvgIpc) is 2.43. The van der Waals surface area contributed by atoms with Crippen LogP contribution >= 0.6 is 0 Å². The number of rotatable bonds is 15. The molecule has 121 valence electrons. The molecule has 0 aliphatic heterocycles. The maximum Gasteiger partial charge on any atom is 0.500 e. The molecule has 0 aliphatic carbocycles. The molecule has 0 rings (SSSR count). The molecule has 0 aromatic heterocycles. The van der Waals surface area contributed by atoms with Crippen molar-refractivity contribution in [2.45, 2.75) is 78.7 Å². The first kappa shape index (κ1) is 20.1. The zero-order valence-corrected chi connectivity index (χ0v) is 15.1. The fourth-order valence-corrected chi connectivity index (χ4v) is 5.08. The molecule has 0 spiro atoms. The highest BCUT2D eigenvalue weighted by Crippen LogP contribution is 2.20. The molecule has 3 nitrogen and oxygen atoms in total. The van der Waals surface area contributed by atoms with E-state index in [1.54, 1.807) is 0 Å². The Balaban J connectivity index is 3.82. The van der Waals surface area contributed by atoms with Gasteiger partial charge in [-0.25, -0.2) is 0 Å². The molecule has 0 heterocycles. The van der Waals surface area contributed by atoms with Crippen LogP contribution in [-0.2, 0) is 13.3 Å². The number of hydrogen-bond acceptors (Lipinski definition) is 3. The maximum absolute atomic E-state index is 5.86. The van der Waals surface area contributed by atoms with E-state index in [4.69, 9.17) is 13.3 Å². The third-order valence-corrected chi connectivity index (χ3v) is 6.47. The monoisotopic (exact) mass is 303 g/mol. The second-order valence-corrected chi connectivity index (χ2v) is 7.78. The van der Waals surface area contributed by atoms with E-state index >= 15 is 0 Å². The largest absolute Gasteiger partial charge is 0.500 e. The van der Waals surface area contributed by atoms with E-state index in [0.717, 1.165) is 12.5 Å². The third-order valence-electron chi connectivity index (χ3n) is 3.32. The van der Waals surface area contributed by atoms with Crippen molar-refractivity contribution in [2.24, 2.45) is 0 Å². The Labute approximate surface area is 127 Å². The van der Waals surface area contributed by atoms with Crippen LogP contribution in [0, 0.1) is 6.42 Å². The summed E-state index contributed by atoms with van der Waals surface area (Å²) in [4.78, 5) is 0. The minimum Gasteiger partial charge on any atom is -0.374 e. The Morgan fingerprint density at radius 1 is 0.700 bits per heavy atom. The highest BCUT2D eigenvalue weighted by atomic mass is 28.4. The summed E-state index contributed by atoms with van der Waals surface area (Å²) in [7, 11) is -2.38. The highest BCUT2D eigenvalue weighted by Gasteiger charge is 2.39. The maximum atomic E-state index is 5.86. The molecule has 20 heavy (non-hydrogen) atoms. The van der Waals surface area contributed by atoms with Crippen molar-refractivity contribution in [1.82, 2.24) is 0 Å². The zero-order chi connectivity index (χ0) is 15.1. The molecule has 0 fully saturated rings. The molecule has 0 N–H and O–H groups in total. The summed E-state index contributed by atoms with van der Waals surface area (Å²) in [5.74, 6) is 0. The van der Waals surface area contributed by atoms with E-state index in [9.17, 15) is 0 Å². The summed E-state index contributed by atoms with van der Waals surface area (Å²) in [6.07, 6.45) is 11.3. The van der Waals surface area contributed by atoms with Gasteiger partial charge in [0.2, 0.25) is 0 Å². The van der Waals surface area contributed by atoms with E-state index in [0.29, 0.717) is 19.8 Å². The van der Waals surface area contributed by atoms with Gasteiger partial charge in [0, 0.05) is 25.9 Å². The highest BCUT2D eigenvalue weighted by molar-refractivity contribution is 6.60. The van der Waals surface area contributed by atoms with Crippen LogP contribution in [0.25, 0.3) is 0 Å². The number of hydrogen-bond donors (Lipinski definition) is 0. The van der Waals surface area contributed by atoms with Gasteiger partial charge >= 0.3 is 8.80 Å². The first-order valence-corrected chi connectivity index (χ1v) is 10.4. The van der Waals surface area contributed by atoms with Crippen molar-refractivity contribution in [3.05, 3.63) is 6.42 Å². The van der Waals surface area contributed by atoms with Gasteiger partial charge in [-0.15, -0.1) is 0 Å². The first-order chi connectivity index (χ1) is 9.74. The Morgan fingerprint density at radius 2 is 1.15 bits per heavy atom. The second kappa shape index (κ2) is 14.1. The van der Waals surface area contributed by atoms with Gasteiger partial charge < -0.3 is 13.3 Å². The predicted molar refractivity (Wildman–Crippen MR) is 87.7 cm³/mol. The minimum atomic E-state index is -2.38. The molecule has 0 unspecified atom stereocenters. The third kappa shape index (κ3) is 9.92. The molecule has 1 radical (unpaired) electrons. The van der Waals surface area contributed by atoms with Gasteiger partial charge in [-0.05, 0) is 33.6 Å². The van der Waals surface area contributed by atoms with Crippen LogP contribution < -0.4 is 0 Å². The normalized spacial score (nSPS) is 12.0. The molecule has 0 atom stereocenters. The van der Waals surface area contributed by atoms with E-state index in [2.05, 4.69) is 13.3 Å². The molecule has 0 saturated heterocycles. The van der Waals surface area contributed by atoms with Crippen molar-refractivity contribution < 1.29 is 13.3 Å². The lowest BCUT2D eigenvalue weighted by Gasteiger charge is -2.28. The molecule has 0 aromatic carbocycles. The lowest BCUT2D eigenvalue weighted by Crippen LogP contribution is -2.45. The van der Waals surface area contributed by atoms with Gasteiger partial charge in [0.1, 0.15) is 0 Å². The van der Waals surface area contributed by atoms with Gasteiger partial charge in [0.25, 0.3) is 0 Å². The summed E-state index contributed by atoms with van der Waals surface area (Å²) < 4.78 is 17.6. The van der Waals surface area contributed by atoms with Gasteiger partial charge in [-0.3, -0.25) is 0 Å². The Kier molecular flexibility index (Phi) is 14.1. The van der Waals surface area contributed by atoms with E-state index in [1.807, 2.05) is 20.8 Å². The van der Waals surface area contributed by atoms with E-state index < -0.39 is 8.80 Å². The first-order valence-electron chi connectivity index (χ1n) is 8.44. The quantitative estimate of drug-likeness (QED) is 0.315. The molecule has 0 aliphatic rings. The Bertz CT molecular complexity index is 183. The molecule has 0 bridgehead atoms. The van der Waals surface area contributed by atoms with Crippen LogP contribution in [0.1, 0.15) is 72.6 Å². The van der Waals surface area contributed by atoms with Crippen molar-refractivity contribution in [2.75, 3.05) is 19.8 Å². The topological polar surface area (TPSA) is 27.7 Å². The average molecular weight is 304 g/mol.